The van der Waals surface area contributed by atoms with E-state index in [9.17, 15) is 4.79 Å². The van der Waals surface area contributed by atoms with Crippen LogP contribution in [0.15, 0.2) is 11.9 Å². The Balaban J connectivity index is 2.06. The van der Waals surface area contributed by atoms with Crippen LogP contribution in [0, 0.1) is 5.92 Å². The number of nitrogens with zero attached hydrogens (tertiary/aromatic N) is 2. The number of fused-ring (bicyclic) bond motifs is 1. The van der Waals surface area contributed by atoms with E-state index in [1.165, 1.54) is 0 Å². The maximum Gasteiger partial charge on any atom is 0.414 e. The Labute approximate surface area is 96.8 Å². The van der Waals surface area contributed by atoms with E-state index < -0.39 is 5.60 Å². The Bertz CT molecular complexity index is 330. The molecule has 16 heavy (non-hydrogen) atoms. The van der Waals surface area contributed by atoms with Gasteiger partial charge in [0, 0.05) is 38.0 Å². The summed E-state index contributed by atoms with van der Waals surface area (Å²) in [5, 5.41) is 0. The van der Waals surface area contributed by atoms with Crippen molar-refractivity contribution in [3.8, 4) is 0 Å². The summed E-state index contributed by atoms with van der Waals surface area (Å²) < 4.78 is 5.39. The summed E-state index contributed by atoms with van der Waals surface area (Å²) in [4.78, 5) is 15.9. The van der Waals surface area contributed by atoms with E-state index in [0.717, 1.165) is 25.2 Å². The fourth-order valence-corrected chi connectivity index (χ4v) is 2.28. The van der Waals surface area contributed by atoms with Crippen molar-refractivity contribution < 1.29 is 9.53 Å². The van der Waals surface area contributed by atoms with Gasteiger partial charge in [0.25, 0.3) is 0 Å². The molecule has 90 valence electrons. The molecule has 1 saturated heterocycles. The lowest BCUT2D eigenvalue weighted by Gasteiger charge is -2.24. The second-order valence-electron chi connectivity index (χ2n) is 5.61. The molecule has 2 aliphatic rings. The standard InChI is InChI=1S/C12H20N2O2/c1-12(2,3)16-11(15)14-6-5-9-7-13(4)8-10(9)14/h8-9H,5-7H2,1-4H3/t9-/m1/s1. The molecule has 0 aromatic rings. The van der Waals surface area contributed by atoms with Crippen LogP contribution in [0.2, 0.25) is 0 Å². The molecule has 2 rings (SSSR count). The van der Waals surface area contributed by atoms with Gasteiger partial charge in [0.05, 0.1) is 0 Å². The fraction of sp³-hybridized carbons (Fsp3) is 0.750. The van der Waals surface area contributed by atoms with E-state index in [1.54, 1.807) is 4.90 Å². The first-order valence-electron chi connectivity index (χ1n) is 5.79. The van der Waals surface area contributed by atoms with E-state index in [1.807, 2.05) is 27.8 Å². The van der Waals surface area contributed by atoms with Gasteiger partial charge in [-0.3, -0.25) is 4.90 Å². The van der Waals surface area contributed by atoms with Gasteiger partial charge in [0.1, 0.15) is 5.60 Å². The highest BCUT2D eigenvalue weighted by Crippen LogP contribution is 2.34. The molecular formula is C12H20N2O2. The average molecular weight is 224 g/mol. The van der Waals surface area contributed by atoms with Gasteiger partial charge in [-0.15, -0.1) is 0 Å². The maximum atomic E-state index is 12.0. The largest absolute Gasteiger partial charge is 0.443 e. The highest BCUT2D eigenvalue weighted by molar-refractivity contribution is 5.71. The lowest BCUT2D eigenvalue weighted by atomic mass is 10.1. The van der Waals surface area contributed by atoms with Gasteiger partial charge < -0.3 is 9.64 Å². The third kappa shape index (κ3) is 2.15. The number of carbonyl (C=O) groups is 1. The number of carbonyl (C=O) groups excluding carboxylic acids is 1. The highest BCUT2D eigenvalue weighted by Gasteiger charge is 2.37. The number of ether oxygens (including phenoxy) is 1. The molecule has 0 radical (unpaired) electrons. The minimum Gasteiger partial charge on any atom is -0.443 e. The Morgan fingerprint density at radius 3 is 2.81 bits per heavy atom. The zero-order chi connectivity index (χ0) is 11.9. The van der Waals surface area contributed by atoms with Crippen molar-refractivity contribution in [3.63, 3.8) is 0 Å². The predicted molar refractivity (Wildman–Crippen MR) is 61.8 cm³/mol. The third-order valence-corrected chi connectivity index (χ3v) is 2.91. The molecule has 1 amide bonds. The lowest BCUT2D eigenvalue weighted by molar-refractivity contribution is 0.0337. The monoisotopic (exact) mass is 224 g/mol. The summed E-state index contributed by atoms with van der Waals surface area (Å²) in [5.41, 5.74) is 0.706. The van der Waals surface area contributed by atoms with Crippen molar-refractivity contribution in [1.82, 2.24) is 9.80 Å². The summed E-state index contributed by atoms with van der Waals surface area (Å²) in [5.74, 6) is 0.512. The summed E-state index contributed by atoms with van der Waals surface area (Å²) in [6, 6.07) is 0. The van der Waals surface area contributed by atoms with E-state index in [0.29, 0.717) is 5.92 Å². The lowest BCUT2D eigenvalue weighted by Crippen LogP contribution is -2.34. The first-order valence-corrected chi connectivity index (χ1v) is 5.79. The van der Waals surface area contributed by atoms with Crippen LogP contribution in [0.5, 0.6) is 0 Å². The van der Waals surface area contributed by atoms with E-state index >= 15 is 0 Å². The number of likely N-dealkylation sites (tertiary alicyclic amines) is 1. The zero-order valence-electron chi connectivity index (χ0n) is 10.5. The number of hydrogen-bond acceptors (Lipinski definition) is 3. The van der Waals surface area contributed by atoms with Gasteiger partial charge >= 0.3 is 6.09 Å². The molecule has 2 aliphatic heterocycles. The molecule has 1 fully saturated rings. The van der Waals surface area contributed by atoms with Crippen LogP contribution in [-0.4, -0.2) is 41.6 Å². The number of rotatable bonds is 0. The molecule has 0 aliphatic carbocycles. The molecule has 4 nitrogen and oxygen atoms in total. The van der Waals surface area contributed by atoms with Crippen LogP contribution in [0.4, 0.5) is 4.79 Å². The Morgan fingerprint density at radius 2 is 2.19 bits per heavy atom. The average Bonchev–Trinajstić information content (AvgIpc) is 2.58. The summed E-state index contributed by atoms with van der Waals surface area (Å²) in [6.07, 6.45) is 2.90. The summed E-state index contributed by atoms with van der Waals surface area (Å²) in [6.45, 7) is 7.50. The Kier molecular flexibility index (Phi) is 2.60. The highest BCUT2D eigenvalue weighted by atomic mass is 16.6. The van der Waals surface area contributed by atoms with Gasteiger partial charge in [0.2, 0.25) is 0 Å². The molecule has 0 aromatic carbocycles. The molecule has 4 heteroatoms. The van der Waals surface area contributed by atoms with Crippen LogP contribution < -0.4 is 0 Å². The second-order valence-corrected chi connectivity index (χ2v) is 5.61. The van der Waals surface area contributed by atoms with Crippen LogP contribution >= 0.6 is 0 Å². The molecule has 0 unspecified atom stereocenters. The molecule has 0 bridgehead atoms. The van der Waals surface area contributed by atoms with Gasteiger partial charge in [-0.2, -0.15) is 0 Å². The first-order chi connectivity index (χ1) is 7.37. The quantitative estimate of drug-likeness (QED) is 0.631. The van der Waals surface area contributed by atoms with Gasteiger partial charge in [-0.25, -0.2) is 4.79 Å². The minimum absolute atomic E-state index is 0.212. The van der Waals surface area contributed by atoms with Crippen molar-refractivity contribution >= 4 is 6.09 Å². The smallest absolute Gasteiger partial charge is 0.414 e. The van der Waals surface area contributed by atoms with Crippen molar-refractivity contribution in [2.45, 2.75) is 32.8 Å². The van der Waals surface area contributed by atoms with Crippen molar-refractivity contribution in [2.24, 2.45) is 5.92 Å². The first kappa shape index (κ1) is 11.3. The molecule has 1 atom stereocenters. The molecule has 0 N–H and O–H groups in total. The van der Waals surface area contributed by atoms with Crippen molar-refractivity contribution in [3.05, 3.63) is 11.9 Å². The zero-order valence-corrected chi connectivity index (χ0v) is 10.5. The SMILES string of the molecule is CN1C=C2[C@H](CCN2C(=O)OC(C)(C)C)C1. The van der Waals surface area contributed by atoms with Crippen LogP contribution in [0.1, 0.15) is 27.2 Å². The van der Waals surface area contributed by atoms with E-state index in [-0.39, 0.29) is 6.09 Å². The normalized spacial score (nSPS) is 24.5. The molecule has 0 aromatic heterocycles. The molecular weight excluding hydrogens is 204 g/mol. The van der Waals surface area contributed by atoms with Crippen molar-refractivity contribution in [2.75, 3.05) is 20.1 Å². The van der Waals surface area contributed by atoms with Gasteiger partial charge in [0.15, 0.2) is 0 Å². The molecule has 0 saturated carbocycles. The Hall–Kier alpha value is -1.19. The predicted octanol–water partition coefficient (Wildman–Crippen LogP) is 2.03. The fourth-order valence-electron chi connectivity index (χ4n) is 2.28. The van der Waals surface area contributed by atoms with Crippen molar-refractivity contribution in [1.29, 1.82) is 0 Å². The maximum absolute atomic E-state index is 12.0. The van der Waals surface area contributed by atoms with Gasteiger partial charge in [-0.1, -0.05) is 0 Å². The number of hydrogen-bond donors (Lipinski definition) is 0. The second kappa shape index (κ2) is 3.68. The Morgan fingerprint density at radius 1 is 1.50 bits per heavy atom. The van der Waals surface area contributed by atoms with Crippen LogP contribution in [-0.2, 0) is 4.74 Å². The van der Waals surface area contributed by atoms with Crippen LogP contribution in [0.25, 0.3) is 0 Å². The summed E-state index contributed by atoms with van der Waals surface area (Å²) >= 11 is 0. The topological polar surface area (TPSA) is 32.8 Å². The number of amides is 1. The van der Waals surface area contributed by atoms with E-state index in [2.05, 4.69) is 11.1 Å². The van der Waals surface area contributed by atoms with Gasteiger partial charge in [-0.05, 0) is 27.2 Å². The van der Waals surface area contributed by atoms with E-state index in [4.69, 9.17) is 4.74 Å². The van der Waals surface area contributed by atoms with Crippen LogP contribution in [0.3, 0.4) is 0 Å². The minimum atomic E-state index is -0.416. The third-order valence-electron chi connectivity index (χ3n) is 2.91. The molecule has 0 spiro atoms. The molecule has 2 heterocycles. The summed E-state index contributed by atoms with van der Waals surface area (Å²) in [7, 11) is 2.04.